The van der Waals surface area contributed by atoms with Gasteiger partial charge in [0.25, 0.3) is 5.56 Å². The molecule has 2 aromatic heterocycles. The fourth-order valence-corrected chi connectivity index (χ4v) is 4.32. The van der Waals surface area contributed by atoms with Crippen molar-refractivity contribution in [2.45, 2.75) is 0 Å². The number of H-pyrrole nitrogens is 1. The second kappa shape index (κ2) is 7.06. The Labute approximate surface area is 176 Å². The predicted molar refractivity (Wildman–Crippen MR) is 117 cm³/mol. The van der Waals surface area contributed by atoms with Crippen molar-refractivity contribution in [1.29, 1.82) is 0 Å². The van der Waals surface area contributed by atoms with Crippen LogP contribution >= 0.6 is 23.2 Å². The monoisotopic (exact) mass is 428 g/mol. The van der Waals surface area contributed by atoms with Crippen molar-refractivity contribution in [2.75, 3.05) is 31.2 Å². The van der Waals surface area contributed by atoms with E-state index in [9.17, 15) is 4.79 Å². The van der Waals surface area contributed by atoms with Gasteiger partial charge in [-0.2, -0.15) is 0 Å². The summed E-state index contributed by atoms with van der Waals surface area (Å²) in [6.07, 6.45) is 0. The average molecular weight is 429 g/mol. The van der Waals surface area contributed by atoms with Gasteiger partial charge in [0.15, 0.2) is 0 Å². The molecule has 8 heteroatoms. The molecule has 0 amide bonds. The second-order valence-corrected chi connectivity index (χ2v) is 7.92. The van der Waals surface area contributed by atoms with Gasteiger partial charge >= 0.3 is 0 Å². The molecule has 0 atom stereocenters. The molecule has 1 aliphatic rings. The van der Waals surface area contributed by atoms with Gasteiger partial charge in [-0.25, -0.2) is 4.98 Å². The highest BCUT2D eigenvalue weighted by molar-refractivity contribution is 6.39. The summed E-state index contributed by atoms with van der Waals surface area (Å²) >= 11 is 12.8. The van der Waals surface area contributed by atoms with Crippen LogP contribution in [0.5, 0.6) is 0 Å². The summed E-state index contributed by atoms with van der Waals surface area (Å²) in [6, 6.07) is 11.3. The highest BCUT2D eigenvalue weighted by Crippen LogP contribution is 2.33. The fraction of sp³-hybridized carbons (Fsp3) is 0.238. The smallest absolute Gasteiger partial charge is 0.263 e. The van der Waals surface area contributed by atoms with E-state index in [1.54, 1.807) is 29.8 Å². The molecule has 4 aromatic rings. The Morgan fingerprint density at radius 2 is 1.90 bits per heavy atom. The number of nitrogens with one attached hydrogen (secondary N) is 1. The molecule has 0 radical (unpaired) electrons. The maximum absolute atomic E-state index is 13.0. The van der Waals surface area contributed by atoms with Crippen LogP contribution in [0.3, 0.4) is 0 Å². The lowest BCUT2D eigenvalue weighted by atomic mass is 10.1. The Bertz CT molecular complexity index is 1310. The minimum absolute atomic E-state index is 0.211. The molecule has 6 nitrogen and oxygen atoms in total. The Hall–Kier alpha value is -2.54. The van der Waals surface area contributed by atoms with E-state index in [2.05, 4.69) is 14.9 Å². The van der Waals surface area contributed by atoms with Crippen LogP contribution in [0.25, 0.3) is 33.3 Å². The van der Waals surface area contributed by atoms with Crippen molar-refractivity contribution in [1.82, 2.24) is 14.5 Å². The molecule has 29 heavy (non-hydrogen) atoms. The lowest BCUT2D eigenvalue weighted by Gasteiger charge is -2.28. The van der Waals surface area contributed by atoms with E-state index >= 15 is 0 Å². The summed E-state index contributed by atoms with van der Waals surface area (Å²) in [5.74, 6) is 0.451. The van der Waals surface area contributed by atoms with Gasteiger partial charge in [-0.05, 0) is 36.4 Å². The van der Waals surface area contributed by atoms with Crippen LogP contribution in [0, 0.1) is 0 Å². The van der Waals surface area contributed by atoms with Crippen molar-refractivity contribution >= 4 is 50.8 Å². The van der Waals surface area contributed by atoms with E-state index in [1.807, 2.05) is 18.2 Å². The van der Waals surface area contributed by atoms with E-state index < -0.39 is 0 Å². The summed E-state index contributed by atoms with van der Waals surface area (Å²) in [5, 5.41) is 1.62. The van der Waals surface area contributed by atoms with Crippen LogP contribution < -0.4 is 10.5 Å². The molecule has 0 saturated carbocycles. The van der Waals surface area contributed by atoms with Crippen LogP contribution in [0.4, 0.5) is 5.69 Å². The van der Waals surface area contributed by atoms with Gasteiger partial charge in [0, 0.05) is 36.2 Å². The number of rotatable bonds is 2. The van der Waals surface area contributed by atoms with Crippen LogP contribution in [0.15, 0.2) is 41.2 Å². The molecular formula is C21H18Cl2N4O2. The largest absolute Gasteiger partial charge is 0.378 e. The number of morpholine rings is 1. The number of anilines is 1. The van der Waals surface area contributed by atoms with E-state index in [0.29, 0.717) is 26.8 Å². The Balaban J connectivity index is 1.67. The topological polar surface area (TPSA) is 63.1 Å². The molecule has 0 aliphatic carbocycles. The first-order valence-corrected chi connectivity index (χ1v) is 10.1. The van der Waals surface area contributed by atoms with E-state index in [0.717, 1.165) is 48.5 Å². The molecule has 148 valence electrons. The van der Waals surface area contributed by atoms with Gasteiger partial charge in [-0.1, -0.05) is 23.2 Å². The lowest BCUT2D eigenvalue weighted by molar-refractivity contribution is 0.122. The van der Waals surface area contributed by atoms with Crippen LogP contribution in [0.1, 0.15) is 0 Å². The number of pyridine rings is 1. The zero-order valence-corrected chi connectivity index (χ0v) is 17.2. The highest BCUT2D eigenvalue weighted by Gasteiger charge is 2.19. The molecule has 0 spiro atoms. The predicted octanol–water partition coefficient (Wildman–Crippen LogP) is 4.23. The molecule has 3 heterocycles. The third kappa shape index (κ3) is 3.08. The highest BCUT2D eigenvalue weighted by atomic mass is 35.5. The average Bonchev–Trinajstić information content (AvgIpc) is 3.15. The van der Waals surface area contributed by atoms with Crippen LogP contribution in [-0.4, -0.2) is 40.8 Å². The minimum atomic E-state index is -0.211. The summed E-state index contributed by atoms with van der Waals surface area (Å²) in [7, 11) is 1.72. The second-order valence-electron chi connectivity index (χ2n) is 7.10. The van der Waals surface area contributed by atoms with Gasteiger partial charge in [0.1, 0.15) is 11.4 Å². The van der Waals surface area contributed by atoms with Crippen molar-refractivity contribution < 1.29 is 4.74 Å². The quantitative estimate of drug-likeness (QED) is 0.518. The summed E-state index contributed by atoms with van der Waals surface area (Å²) < 4.78 is 7.00. The van der Waals surface area contributed by atoms with Crippen molar-refractivity contribution in [3.05, 3.63) is 56.8 Å². The first-order chi connectivity index (χ1) is 14.0. The molecule has 1 fully saturated rings. The standard InChI is InChI=1S/C21H18Cl2N4O2/c1-26-17-5-2-12(22)10-14(17)19(23)18(21(26)28)20-24-15-4-3-13(11-16(15)25-20)27-6-8-29-9-7-27/h2-5,10-11H,6-9H2,1H3,(H,24,25). The lowest BCUT2D eigenvalue weighted by Crippen LogP contribution is -2.36. The third-order valence-corrected chi connectivity index (χ3v) is 6.00. The van der Waals surface area contributed by atoms with E-state index in [4.69, 9.17) is 27.9 Å². The summed E-state index contributed by atoms with van der Waals surface area (Å²) in [6.45, 7) is 3.14. The first-order valence-electron chi connectivity index (χ1n) is 9.33. The number of benzene rings is 2. The number of aromatic nitrogens is 3. The number of aryl methyl sites for hydroxylation is 1. The zero-order chi connectivity index (χ0) is 20.1. The molecule has 0 bridgehead atoms. The van der Waals surface area contributed by atoms with Crippen molar-refractivity contribution in [2.24, 2.45) is 7.05 Å². The van der Waals surface area contributed by atoms with Gasteiger partial charge in [-0.15, -0.1) is 0 Å². The normalized spacial score (nSPS) is 14.8. The number of aromatic amines is 1. The SMILES string of the molecule is Cn1c(=O)c(-c2nc3ccc(N4CCOCC4)cc3[nH]2)c(Cl)c2cc(Cl)ccc21. The van der Waals surface area contributed by atoms with Gasteiger partial charge in [0.2, 0.25) is 0 Å². The third-order valence-electron chi connectivity index (χ3n) is 5.37. The number of nitrogens with zero attached hydrogens (tertiary/aromatic N) is 3. The van der Waals surface area contributed by atoms with Gasteiger partial charge in [-0.3, -0.25) is 4.79 Å². The molecule has 1 saturated heterocycles. The molecule has 1 aliphatic heterocycles. The Morgan fingerprint density at radius 1 is 1.10 bits per heavy atom. The number of halogens is 2. The number of hydrogen-bond acceptors (Lipinski definition) is 4. The molecular weight excluding hydrogens is 411 g/mol. The summed E-state index contributed by atoms with van der Waals surface area (Å²) in [4.78, 5) is 23.2. The Kier molecular flexibility index (Phi) is 4.50. The number of imidazole rings is 1. The zero-order valence-electron chi connectivity index (χ0n) is 15.7. The Morgan fingerprint density at radius 3 is 2.69 bits per heavy atom. The van der Waals surface area contributed by atoms with Crippen LogP contribution in [-0.2, 0) is 11.8 Å². The fourth-order valence-electron chi connectivity index (χ4n) is 3.82. The number of hydrogen-bond donors (Lipinski definition) is 1. The number of ether oxygens (including phenoxy) is 1. The van der Waals surface area contributed by atoms with Crippen molar-refractivity contribution in [3.63, 3.8) is 0 Å². The van der Waals surface area contributed by atoms with Gasteiger partial charge in [0.05, 0.1) is 34.8 Å². The van der Waals surface area contributed by atoms with E-state index in [-0.39, 0.29) is 5.56 Å². The summed E-state index contributed by atoms with van der Waals surface area (Å²) in [5.41, 5.74) is 3.58. The van der Waals surface area contributed by atoms with E-state index in [1.165, 1.54) is 0 Å². The molecule has 5 rings (SSSR count). The molecule has 2 aromatic carbocycles. The maximum Gasteiger partial charge on any atom is 0.263 e. The van der Waals surface area contributed by atoms with Crippen molar-refractivity contribution in [3.8, 4) is 11.4 Å². The van der Waals surface area contributed by atoms with Gasteiger partial charge < -0.3 is 19.2 Å². The number of fused-ring (bicyclic) bond motifs is 2. The first kappa shape index (κ1) is 18.5. The molecule has 0 unspecified atom stereocenters. The van der Waals surface area contributed by atoms with Crippen LogP contribution in [0.2, 0.25) is 10.0 Å². The minimum Gasteiger partial charge on any atom is -0.378 e. The maximum atomic E-state index is 13.0. The molecule has 1 N–H and O–H groups in total.